The highest BCUT2D eigenvalue weighted by Gasteiger charge is 2.24. The molecule has 2 aromatic carbocycles. The molecule has 5 heteroatoms. The van der Waals surface area contributed by atoms with Crippen LogP contribution in [0.2, 0.25) is 0 Å². The van der Waals surface area contributed by atoms with Crippen molar-refractivity contribution in [2.24, 2.45) is 5.92 Å². The SMILES string of the molecule is Cc1ccc(NC(=S)[C@@H](C#N)C(=O)Nc2ccccc2C)c(C)c1. The van der Waals surface area contributed by atoms with Crippen LogP contribution in [0.5, 0.6) is 0 Å². The molecule has 2 rings (SSSR count). The molecular weight excluding hydrogens is 318 g/mol. The number of rotatable bonds is 4. The first-order valence-corrected chi connectivity index (χ1v) is 7.97. The Morgan fingerprint density at radius 2 is 1.71 bits per heavy atom. The average Bonchev–Trinajstić information content (AvgIpc) is 2.53. The third-order valence-corrected chi connectivity index (χ3v) is 4.03. The minimum atomic E-state index is -1.06. The molecule has 0 saturated heterocycles. The summed E-state index contributed by atoms with van der Waals surface area (Å²) in [7, 11) is 0. The van der Waals surface area contributed by atoms with Gasteiger partial charge >= 0.3 is 0 Å². The van der Waals surface area contributed by atoms with Gasteiger partial charge in [0.1, 0.15) is 4.99 Å². The fourth-order valence-corrected chi connectivity index (χ4v) is 2.58. The van der Waals surface area contributed by atoms with E-state index in [2.05, 4.69) is 10.6 Å². The van der Waals surface area contributed by atoms with E-state index in [1.807, 2.05) is 63.2 Å². The van der Waals surface area contributed by atoms with Crippen molar-refractivity contribution >= 4 is 34.5 Å². The second-order valence-corrected chi connectivity index (χ2v) is 6.11. The topological polar surface area (TPSA) is 64.9 Å². The Bertz CT molecular complexity index is 824. The van der Waals surface area contributed by atoms with Crippen LogP contribution in [0, 0.1) is 38.0 Å². The van der Waals surface area contributed by atoms with E-state index in [1.54, 1.807) is 6.07 Å². The zero-order valence-corrected chi connectivity index (χ0v) is 14.7. The Labute approximate surface area is 147 Å². The van der Waals surface area contributed by atoms with Crippen molar-refractivity contribution in [2.45, 2.75) is 20.8 Å². The fourth-order valence-electron chi connectivity index (χ4n) is 2.31. The van der Waals surface area contributed by atoms with E-state index >= 15 is 0 Å². The zero-order chi connectivity index (χ0) is 17.7. The molecule has 1 amide bonds. The summed E-state index contributed by atoms with van der Waals surface area (Å²) in [5.41, 5.74) is 4.55. The second-order valence-electron chi connectivity index (χ2n) is 5.67. The number of anilines is 2. The number of thiocarbonyl (C=S) groups is 1. The summed E-state index contributed by atoms with van der Waals surface area (Å²) in [4.78, 5) is 12.6. The van der Waals surface area contributed by atoms with Gasteiger partial charge in [-0.15, -0.1) is 0 Å². The summed E-state index contributed by atoms with van der Waals surface area (Å²) < 4.78 is 0. The number of hydrogen-bond acceptors (Lipinski definition) is 3. The lowest BCUT2D eigenvalue weighted by Crippen LogP contribution is -2.32. The molecule has 0 spiro atoms. The molecule has 0 aliphatic heterocycles. The summed E-state index contributed by atoms with van der Waals surface area (Å²) in [6.45, 7) is 5.85. The number of aryl methyl sites for hydroxylation is 3. The quantitative estimate of drug-likeness (QED) is 0.823. The van der Waals surface area contributed by atoms with Gasteiger partial charge in [-0.25, -0.2) is 0 Å². The standard InChI is InChI=1S/C19H19N3OS/c1-12-8-9-17(14(3)10-12)22-19(24)15(11-20)18(23)21-16-7-5-4-6-13(16)2/h4-10,15H,1-3H3,(H,21,23)(H,22,24)/t15-/m0/s1. The third kappa shape index (κ3) is 4.18. The van der Waals surface area contributed by atoms with E-state index in [-0.39, 0.29) is 4.99 Å². The van der Waals surface area contributed by atoms with E-state index < -0.39 is 11.8 Å². The molecule has 0 saturated carbocycles. The van der Waals surface area contributed by atoms with E-state index in [0.717, 1.165) is 22.4 Å². The second kappa shape index (κ2) is 7.71. The first-order valence-electron chi connectivity index (χ1n) is 7.56. The molecule has 2 N–H and O–H groups in total. The van der Waals surface area contributed by atoms with Gasteiger partial charge in [0.15, 0.2) is 5.92 Å². The van der Waals surface area contributed by atoms with Crippen LogP contribution in [0.25, 0.3) is 0 Å². The highest BCUT2D eigenvalue weighted by Crippen LogP contribution is 2.19. The van der Waals surface area contributed by atoms with E-state index in [1.165, 1.54) is 0 Å². The van der Waals surface area contributed by atoms with Gasteiger partial charge in [0, 0.05) is 11.4 Å². The molecule has 2 aromatic rings. The minimum absolute atomic E-state index is 0.190. The smallest absolute Gasteiger partial charge is 0.248 e. The Balaban J connectivity index is 2.12. The van der Waals surface area contributed by atoms with Gasteiger partial charge < -0.3 is 10.6 Å². The first kappa shape index (κ1) is 17.6. The molecule has 0 radical (unpaired) electrons. The molecule has 0 aliphatic carbocycles. The monoisotopic (exact) mass is 337 g/mol. The third-order valence-electron chi connectivity index (χ3n) is 3.70. The van der Waals surface area contributed by atoms with E-state index in [0.29, 0.717) is 5.69 Å². The normalized spacial score (nSPS) is 11.2. The molecule has 0 fully saturated rings. The summed E-state index contributed by atoms with van der Waals surface area (Å²) >= 11 is 5.28. The predicted molar refractivity (Wildman–Crippen MR) is 101 cm³/mol. The average molecular weight is 337 g/mol. The lowest BCUT2D eigenvalue weighted by molar-refractivity contribution is -0.116. The van der Waals surface area contributed by atoms with Gasteiger partial charge in [-0.1, -0.05) is 48.1 Å². The van der Waals surface area contributed by atoms with Crippen molar-refractivity contribution in [1.29, 1.82) is 5.26 Å². The number of nitrogens with zero attached hydrogens (tertiary/aromatic N) is 1. The Morgan fingerprint density at radius 1 is 1.04 bits per heavy atom. The summed E-state index contributed by atoms with van der Waals surface area (Å²) in [6.07, 6.45) is 0. The number of carbonyl (C=O) groups excluding carboxylic acids is 1. The number of nitriles is 1. The number of para-hydroxylation sites is 1. The molecule has 122 valence electrons. The molecular formula is C19H19N3OS. The lowest BCUT2D eigenvalue weighted by Gasteiger charge is -2.16. The maximum atomic E-state index is 12.4. The van der Waals surface area contributed by atoms with Crippen molar-refractivity contribution in [3.05, 3.63) is 59.2 Å². The summed E-state index contributed by atoms with van der Waals surface area (Å²) in [5, 5.41) is 15.1. The largest absolute Gasteiger partial charge is 0.348 e. The van der Waals surface area contributed by atoms with Crippen LogP contribution in [0.3, 0.4) is 0 Å². The van der Waals surface area contributed by atoms with Crippen LogP contribution in [-0.4, -0.2) is 10.9 Å². The van der Waals surface area contributed by atoms with E-state index in [9.17, 15) is 10.1 Å². The van der Waals surface area contributed by atoms with Crippen LogP contribution in [0.1, 0.15) is 16.7 Å². The Hall–Kier alpha value is -2.71. The maximum absolute atomic E-state index is 12.4. The van der Waals surface area contributed by atoms with Crippen molar-refractivity contribution in [3.63, 3.8) is 0 Å². The van der Waals surface area contributed by atoms with Crippen LogP contribution < -0.4 is 10.6 Å². The highest BCUT2D eigenvalue weighted by molar-refractivity contribution is 7.80. The lowest BCUT2D eigenvalue weighted by atomic mass is 10.1. The van der Waals surface area contributed by atoms with Gasteiger partial charge in [-0.2, -0.15) is 5.26 Å². The minimum Gasteiger partial charge on any atom is -0.348 e. The number of nitrogens with one attached hydrogen (secondary N) is 2. The van der Waals surface area contributed by atoms with Crippen molar-refractivity contribution < 1.29 is 4.79 Å². The van der Waals surface area contributed by atoms with Crippen LogP contribution in [0.15, 0.2) is 42.5 Å². The first-order chi connectivity index (χ1) is 11.4. The molecule has 24 heavy (non-hydrogen) atoms. The van der Waals surface area contributed by atoms with Gasteiger partial charge in [0.05, 0.1) is 6.07 Å². The molecule has 0 bridgehead atoms. The Morgan fingerprint density at radius 3 is 2.33 bits per heavy atom. The number of hydrogen-bond donors (Lipinski definition) is 2. The summed E-state index contributed by atoms with van der Waals surface area (Å²) in [6, 6.07) is 15.2. The number of carbonyl (C=O) groups is 1. The number of amides is 1. The summed E-state index contributed by atoms with van der Waals surface area (Å²) in [5.74, 6) is -1.49. The van der Waals surface area contributed by atoms with E-state index in [4.69, 9.17) is 12.2 Å². The van der Waals surface area contributed by atoms with Crippen LogP contribution in [-0.2, 0) is 4.79 Å². The Kier molecular flexibility index (Phi) is 5.67. The van der Waals surface area contributed by atoms with Crippen LogP contribution in [0.4, 0.5) is 11.4 Å². The molecule has 0 aromatic heterocycles. The van der Waals surface area contributed by atoms with Gasteiger partial charge in [0.25, 0.3) is 0 Å². The molecule has 0 unspecified atom stereocenters. The van der Waals surface area contributed by atoms with Gasteiger partial charge in [0.2, 0.25) is 5.91 Å². The maximum Gasteiger partial charge on any atom is 0.248 e. The van der Waals surface area contributed by atoms with Crippen molar-refractivity contribution in [3.8, 4) is 6.07 Å². The zero-order valence-electron chi connectivity index (χ0n) is 13.9. The highest BCUT2D eigenvalue weighted by atomic mass is 32.1. The molecule has 1 atom stereocenters. The molecule has 0 heterocycles. The number of benzene rings is 2. The van der Waals surface area contributed by atoms with Crippen molar-refractivity contribution in [1.82, 2.24) is 0 Å². The fraction of sp³-hybridized carbons (Fsp3) is 0.211. The van der Waals surface area contributed by atoms with Gasteiger partial charge in [-0.05, 0) is 44.0 Å². The van der Waals surface area contributed by atoms with Crippen LogP contribution >= 0.6 is 12.2 Å². The molecule has 0 aliphatic rings. The molecule has 4 nitrogen and oxygen atoms in total. The van der Waals surface area contributed by atoms with Crippen molar-refractivity contribution in [2.75, 3.05) is 10.6 Å². The predicted octanol–water partition coefficient (Wildman–Crippen LogP) is 4.13. The van der Waals surface area contributed by atoms with Gasteiger partial charge in [-0.3, -0.25) is 4.79 Å².